The Balaban J connectivity index is 3.01. The minimum absolute atomic E-state index is 0.229. The minimum atomic E-state index is 0.229. The Morgan fingerprint density at radius 2 is 2.00 bits per heavy atom. The van der Waals surface area contributed by atoms with E-state index in [9.17, 15) is 0 Å². The lowest BCUT2D eigenvalue weighted by Gasteiger charge is -2.26. The third kappa shape index (κ3) is 2.27. The van der Waals surface area contributed by atoms with Crippen LogP contribution < -0.4 is 5.73 Å². The highest BCUT2D eigenvalue weighted by Crippen LogP contribution is 2.38. The predicted molar refractivity (Wildman–Crippen MR) is 63.8 cm³/mol. The molecule has 0 aromatic carbocycles. The third-order valence-electron chi connectivity index (χ3n) is 2.74. The van der Waals surface area contributed by atoms with Crippen molar-refractivity contribution in [3.8, 4) is 0 Å². The zero-order chi connectivity index (χ0) is 10.9. The molecule has 1 rings (SSSR count). The number of aryl methyl sites for hydroxylation is 1. The van der Waals surface area contributed by atoms with Crippen molar-refractivity contribution >= 4 is 16.3 Å². The van der Waals surface area contributed by atoms with Crippen LogP contribution in [-0.4, -0.2) is 4.98 Å². The molecule has 80 valence electrons. The molecule has 1 aromatic rings. The molecule has 1 aromatic heterocycles. The maximum absolute atomic E-state index is 5.97. The second kappa shape index (κ2) is 3.89. The highest BCUT2D eigenvalue weighted by molar-refractivity contribution is 7.15. The summed E-state index contributed by atoms with van der Waals surface area (Å²) in [6.07, 6.45) is 0.978. The van der Waals surface area contributed by atoms with Crippen LogP contribution in [-0.2, 0) is 6.42 Å². The summed E-state index contributed by atoms with van der Waals surface area (Å²) in [6.45, 7) is 11.0. The van der Waals surface area contributed by atoms with Gasteiger partial charge in [0.05, 0.1) is 10.7 Å². The summed E-state index contributed by atoms with van der Waals surface area (Å²) in [7, 11) is 0. The molecule has 2 nitrogen and oxygen atoms in total. The summed E-state index contributed by atoms with van der Waals surface area (Å²) in [6, 6.07) is 0. The van der Waals surface area contributed by atoms with Crippen LogP contribution in [0.4, 0.5) is 5.00 Å². The average molecular weight is 212 g/mol. The van der Waals surface area contributed by atoms with Crippen molar-refractivity contribution in [2.45, 2.75) is 47.0 Å². The van der Waals surface area contributed by atoms with E-state index in [-0.39, 0.29) is 5.41 Å². The van der Waals surface area contributed by atoms with E-state index in [4.69, 9.17) is 5.73 Å². The first-order valence-corrected chi connectivity index (χ1v) is 5.93. The summed E-state index contributed by atoms with van der Waals surface area (Å²) >= 11 is 1.63. The Morgan fingerprint density at radius 3 is 2.36 bits per heavy atom. The summed E-state index contributed by atoms with van der Waals surface area (Å²) in [5.74, 6) is 0.416. The van der Waals surface area contributed by atoms with E-state index in [0.29, 0.717) is 5.92 Å². The van der Waals surface area contributed by atoms with Gasteiger partial charge in [0.1, 0.15) is 5.00 Å². The summed E-state index contributed by atoms with van der Waals surface area (Å²) in [5.41, 5.74) is 7.28. The van der Waals surface area contributed by atoms with Crippen molar-refractivity contribution in [2.24, 2.45) is 5.41 Å². The van der Waals surface area contributed by atoms with E-state index < -0.39 is 0 Å². The van der Waals surface area contributed by atoms with Gasteiger partial charge in [-0.25, -0.2) is 4.98 Å². The molecular formula is C11H20N2S. The number of hydrogen-bond acceptors (Lipinski definition) is 3. The summed E-state index contributed by atoms with van der Waals surface area (Å²) in [4.78, 5) is 4.59. The Morgan fingerprint density at radius 1 is 1.43 bits per heavy atom. The van der Waals surface area contributed by atoms with Gasteiger partial charge in [0.2, 0.25) is 0 Å². The number of rotatable bonds is 2. The highest BCUT2D eigenvalue weighted by atomic mass is 32.1. The number of anilines is 1. The fourth-order valence-electron chi connectivity index (χ4n) is 1.26. The molecule has 1 unspecified atom stereocenters. The van der Waals surface area contributed by atoms with Crippen LogP contribution in [0.2, 0.25) is 0 Å². The minimum Gasteiger partial charge on any atom is -0.389 e. The van der Waals surface area contributed by atoms with E-state index >= 15 is 0 Å². The van der Waals surface area contributed by atoms with Gasteiger partial charge in [-0.05, 0) is 11.8 Å². The van der Waals surface area contributed by atoms with Gasteiger partial charge >= 0.3 is 0 Å². The van der Waals surface area contributed by atoms with Gasteiger partial charge in [-0.15, -0.1) is 11.3 Å². The average Bonchev–Trinajstić information content (AvgIpc) is 2.43. The number of aromatic nitrogens is 1. The molecule has 1 atom stereocenters. The topological polar surface area (TPSA) is 38.9 Å². The summed E-state index contributed by atoms with van der Waals surface area (Å²) < 4.78 is 0. The van der Waals surface area contributed by atoms with Crippen molar-refractivity contribution in [2.75, 3.05) is 5.73 Å². The Bertz CT molecular complexity index is 310. The second-order valence-electron chi connectivity index (χ2n) is 4.80. The number of nitrogens with zero attached hydrogens (tertiary/aromatic N) is 1. The van der Waals surface area contributed by atoms with Crippen LogP contribution in [0.25, 0.3) is 0 Å². The Hall–Kier alpha value is -0.570. The molecule has 0 saturated carbocycles. The van der Waals surface area contributed by atoms with Crippen molar-refractivity contribution in [3.63, 3.8) is 0 Å². The molecule has 0 fully saturated rings. The van der Waals surface area contributed by atoms with Crippen molar-refractivity contribution in [1.82, 2.24) is 4.98 Å². The van der Waals surface area contributed by atoms with E-state index in [1.165, 1.54) is 0 Å². The van der Waals surface area contributed by atoms with Gasteiger partial charge < -0.3 is 5.73 Å². The SMILES string of the molecule is CCc1nc(C(C)C(C)(C)C)c(N)s1. The largest absolute Gasteiger partial charge is 0.389 e. The molecule has 1 heterocycles. The Kier molecular flexibility index (Phi) is 3.20. The van der Waals surface area contributed by atoms with E-state index in [0.717, 1.165) is 22.1 Å². The van der Waals surface area contributed by atoms with Crippen molar-refractivity contribution < 1.29 is 0 Å². The zero-order valence-electron chi connectivity index (χ0n) is 9.72. The number of thiazole rings is 1. The molecule has 0 aliphatic heterocycles. The maximum Gasteiger partial charge on any atom is 0.110 e. The second-order valence-corrected chi connectivity index (χ2v) is 5.91. The van der Waals surface area contributed by atoms with Gasteiger partial charge in [0.25, 0.3) is 0 Å². The lowest BCUT2D eigenvalue weighted by Crippen LogP contribution is -2.16. The summed E-state index contributed by atoms with van der Waals surface area (Å²) in [5, 5.41) is 2.04. The normalized spacial score (nSPS) is 14.4. The molecule has 0 bridgehead atoms. The first-order chi connectivity index (χ1) is 6.36. The van der Waals surface area contributed by atoms with Crippen LogP contribution >= 0.6 is 11.3 Å². The first kappa shape index (κ1) is 11.5. The zero-order valence-corrected chi connectivity index (χ0v) is 10.5. The number of hydrogen-bond donors (Lipinski definition) is 1. The fraction of sp³-hybridized carbons (Fsp3) is 0.727. The molecule has 0 radical (unpaired) electrons. The standard InChI is InChI=1S/C11H20N2S/c1-6-8-13-9(10(12)14-8)7(2)11(3,4)5/h7H,6,12H2,1-5H3. The van der Waals surface area contributed by atoms with Crippen LogP contribution in [0.3, 0.4) is 0 Å². The van der Waals surface area contributed by atoms with Crippen LogP contribution in [0.5, 0.6) is 0 Å². The van der Waals surface area contributed by atoms with Crippen LogP contribution in [0, 0.1) is 5.41 Å². The van der Waals surface area contributed by atoms with Crippen LogP contribution in [0.15, 0.2) is 0 Å². The van der Waals surface area contributed by atoms with E-state index in [1.807, 2.05) is 0 Å². The van der Waals surface area contributed by atoms with E-state index in [1.54, 1.807) is 11.3 Å². The monoisotopic (exact) mass is 212 g/mol. The van der Waals surface area contributed by atoms with E-state index in [2.05, 4.69) is 39.6 Å². The number of nitrogens with two attached hydrogens (primary N) is 1. The smallest absolute Gasteiger partial charge is 0.110 e. The lowest BCUT2D eigenvalue weighted by molar-refractivity contribution is 0.335. The molecule has 0 aliphatic rings. The number of nitrogen functional groups attached to an aromatic ring is 1. The van der Waals surface area contributed by atoms with Crippen molar-refractivity contribution in [3.05, 3.63) is 10.7 Å². The first-order valence-electron chi connectivity index (χ1n) is 5.11. The molecule has 2 N–H and O–H groups in total. The molecule has 3 heteroatoms. The van der Waals surface area contributed by atoms with Gasteiger partial charge in [-0.1, -0.05) is 34.6 Å². The fourth-order valence-corrected chi connectivity index (χ4v) is 2.13. The lowest BCUT2D eigenvalue weighted by atomic mass is 9.80. The Labute approximate surface area is 90.6 Å². The highest BCUT2D eigenvalue weighted by Gasteiger charge is 2.26. The quantitative estimate of drug-likeness (QED) is 0.815. The third-order valence-corrected chi connectivity index (χ3v) is 3.78. The van der Waals surface area contributed by atoms with Gasteiger partial charge in [-0.3, -0.25) is 0 Å². The molecular weight excluding hydrogens is 192 g/mol. The van der Waals surface area contributed by atoms with Crippen molar-refractivity contribution in [1.29, 1.82) is 0 Å². The molecule has 0 spiro atoms. The maximum atomic E-state index is 5.97. The van der Waals surface area contributed by atoms with Gasteiger partial charge in [-0.2, -0.15) is 0 Å². The van der Waals surface area contributed by atoms with Crippen LogP contribution in [0.1, 0.15) is 51.2 Å². The van der Waals surface area contributed by atoms with Gasteiger partial charge in [0, 0.05) is 5.92 Å². The van der Waals surface area contributed by atoms with Gasteiger partial charge in [0.15, 0.2) is 0 Å². The molecule has 0 aliphatic carbocycles. The predicted octanol–water partition coefficient (Wildman–Crippen LogP) is 3.44. The molecule has 14 heavy (non-hydrogen) atoms. The molecule has 0 amide bonds. The molecule has 0 saturated heterocycles.